The van der Waals surface area contributed by atoms with Crippen molar-refractivity contribution in [3.8, 4) is 0 Å². The summed E-state index contributed by atoms with van der Waals surface area (Å²) >= 11 is 0. The maximum atomic E-state index is 12.6. The van der Waals surface area contributed by atoms with Crippen LogP contribution in [-0.2, 0) is 6.18 Å². The Kier molecular flexibility index (Phi) is 3.21. The number of carbonyl (C=O) groups is 1. The molecule has 4 nitrogen and oxygen atoms in total. The average Bonchev–Trinajstić information content (AvgIpc) is 2.13. The number of aryl methyl sites for hydroxylation is 1. The lowest BCUT2D eigenvalue weighted by Gasteiger charge is -2.11. The molecular weight excluding hydrogens is 239 g/mol. The number of carbonyl (C=O) groups excluding carboxylic acids is 1. The molecular formula is C10H8F3NO3. The molecule has 0 bridgehead atoms. The normalized spacial score (nSPS) is 11.4. The van der Waals surface area contributed by atoms with E-state index in [1.54, 1.807) is 0 Å². The van der Waals surface area contributed by atoms with Gasteiger partial charge in [-0.3, -0.25) is 14.9 Å². The average molecular weight is 247 g/mol. The van der Waals surface area contributed by atoms with Gasteiger partial charge in [0.2, 0.25) is 0 Å². The summed E-state index contributed by atoms with van der Waals surface area (Å²) in [6.45, 7) is 2.22. The molecule has 1 aromatic carbocycles. The number of hydrogen-bond donors (Lipinski definition) is 0. The van der Waals surface area contributed by atoms with Crippen LogP contribution in [0.5, 0.6) is 0 Å². The fourth-order valence-electron chi connectivity index (χ4n) is 1.48. The van der Waals surface area contributed by atoms with Crippen LogP contribution in [-0.4, -0.2) is 10.7 Å². The second kappa shape index (κ2) is 4.15. The van der Waals surface area contributed by atoms with Crippen LogP contribution < -0.4 is 0 Å². The van der Waals surface area contributed by atoms with E-state index < -0.39 is 28.1 Å². The van der Waals surface area contributed by atoms with E-state index >= 15 is 0 Å². The van der Waals surface area contributed by atoms with Crippen molar-refractivity contribution in [1.29, 1.82) is 0 Å². The van der Waals surface area contributed by atoms with Crippen LogP contribution in [0.2, 0.25) is 0 Å². The maximum Gasteiger partial charge on any atom is 0.423 e. The highest BCUT2D eigenvalue weighted by Gasteiger charge is 2.40. The van der Waals surface area contributed by atoms with Crippen LogP contribution >= 0.6 is 0 Å². The minimum atomic E-state index is -4.82. The van der Waals surface area contributed by atoms with Crippen molar-refractivity contribution >= 4 is 11.5 Å². The van der Waals surface area contributed by atoms with Gasteiger partial charge in [0.15, 0.2) is 5.78 Å². The third-order valence-electron chi connectivity index (χ3n) is 2.20. The quantitative estimate of drug-likeness (QED) is 0.458. The number of halogens is 3. The molecule has 0 fully saturated rings. The van der Waals surface area contributed by atoms with Crippen molar-refractivity contribution in [3.05, 3.63) is 38.9 Å². The van der Waals surface area contributed by atoms with Gasteiger partial charge in [0, 0.05) is 11.6 Å². The highest BCUT2D eigenvalue weighted by atomic mass is 19.4. The summed E-state index contributed by atoms with van der Waals surface area (Å²) < 4.78 is 37.8. The van der Waals surface area contributed by atoms with Gasteiger partial charge in [-0.2, -0.15) is 13.2 Å². The molecule has 0 radical (unpaired) electrons. The van der Waals surface area contributed by atoms with E-state index in [0.29, 0.717) is 6.07 Å². The molecule has 0 saturated heterocycles. The molecule has 0 aliphatic carbocycles. The van der Waals surface area contributed by atoms with Crippen molar-refractivity contribution in [2.75, 3.05) is 0 Å². The molecule has 1 aromatic rings. The maximum absolute atomic E-state index is 12.6. The van der Waals surface area contributed by atoms with Gasteiger partial charge in [-0.15, -0.1) is 0 Å². The van der Waals surface area contributed by atoms with Crippen LogP contribution in [0.25, 0.3) is 0 Å². The van der Waals surface area contributed by atoms with E-state index in [4.69, 9.17) is 0 Å². The van der Waals surface area contributed by atoms with Gasteiger partial charge < -0.3 is 0 Å². The summed E-state index contributed by atoms with van der Waals surface area (Å²) in [6.07, 6.45) is -4.82. The van der Waals surface area contributed by atoms with E-state index in [2.05, 4.69) is 0 Å². The van der Waals surface area contributed by atoms with E-state index in [1.807, 2.05) is 0 Å². The smallest absolute Gasteiger partial charge is 0.295 e. The van der Waals surface area contributed by atoms with Gasteiger partial charge in [-0.1, -0.05) is 0 Å². The van der Waals surface area contributed by atoms with Gasteiger partial charge in [-0.05, 0) is 25.5 Å². The number of rotatable bonds is 2. The second-order valence-corrected chi connectivity index (χ2v) is 3.50. The van der Waals surface area contributed by atoms with E-state index in [1.165, 1.54) is 0 Å². The van der Waals surface area contributed by atoms with E-state index in [0.717, 1.165) is 19.9 Å². The zero-order valence-corrected chi connectivity index (χ0v) is 8.96. The Morgan fingerprint density at radius 1 is 1.35 bits per heavy atom. The number of hydrogen-bond acceptors (Lipinski definition) is 3. The van der Waals surface area contributed by atoms with Gasteiger partial charge in [0.25, 0.3) is 5.69 Å². The summed E-state index contributed by atoms with van der Waals surface area (Å²) in [5.74, 6) is -0.523. The lowest BCUT2D eigenvalue weighted by Crippen LogP contribution is -2.12. The Morgan fingerprint density at radius 2 is 1.88 bits per heavy atom. The monoisotopic (exact) mass is 247 g/mol. The van der Waals surface area contributed by atoms with Crippen LogP contribution in [0, 0.1) is 17.0 Å². The molecule has 0 spiro atoms. The molecule has 0 aromatic heterocycles. The second-order valence-electron chi connectivity index (χ2n) is 3.50. The van der Waals surface area contributed by atoms with Crippen molar-refractivity contribution in [1.82, 2.24) is 0 Å². The number of ketones is 1. The molecule has 7 heteroatoms. The summed E-state index contributed by atoms with van der Waals surface area (Å²) in [5, 5.41) is 10.6. The predicted molar refractivity (Wildman–Crippen MR) is 52.8 cm³/mol. The molecule has 0 heterocycles. The minimum Gasteiger partial charge on any atom is -0.295 e. The molecule has 0 unspecified atom stereocenters. The zero-order chi connectivity index (χ0) is 13.4. The van der Waals surface area contributed by atoms with Crippen LogP contribution in [0.15, 0.2) is 12.1 Å². The summed E-state index contributed by atoms with van der Waals surface area (Å²) in [7, 11) is 0. The first kappa shape index (κ1) is 13.1. The molecule has 0 atom stereocenters. The lowest BCUT2D eigenvalue weighted by atomic mass is 10.0. The minimum absolute atomic E-state index is 0.109. The van der Waals surface area contributed by atoms with E-state index in [-0.39, 0.29) is 11.1 Å². The van der Waals surface area contributed by atoms with E-state index in [9.17, 15) is 28.1 Å². The fourth-order valence-corrected chi connectivity index (χ4v) is 1.48. The number of Topliss-reactive ketones (excluding diaryl/α,β-unsaturated/α-hetero) is 1. The Balaban J connectivity index is 3.61. The number of nitro groups is 1. The standard InChI is InChI=1S/C10H8F3NO3/c1-5-3-7(6(2)15)4-8(14(16)17)9(5)10(11,12)13/h3-4H,1-2H3. The van der Waals surface area contributed by atoms with Gasteiger partial charge >= 0.3 is 6.18 Å². The van der Waals surface area contributed by atoms with Crippen LogP contribution in [0.3, 0.4) is 0 Å². The zero-order valence-electron chi connectivity index (χ0n) is 8.96. The van der Waals surface area contributed by atoms with Gasteiger partial charge in [0.1, 0.15) is 5.56 Å². The number of alkyl halides is 3. The Morgan fingerprint density at radius 3 is 2.24 bits per heavy atom. The summed E-state index contributed by atoms with van der Waals surface area (Å²) in [5.41, 5.74) is -2.85. The Bertz CT molecular complexity index is 494. The first-order valence-electron chi connectivity index (χ1n) is 4.51. The molecule has 17 heavy (non-hydrogen) atoms. The molecule has 0 aliphatic heterocycles. The molecule has 1 rings (SSSR count). The van der Waals surface area contributed by atoms with Crippen molar-refractivity contribution in [2.24, 2.45) is 0 Å². The van der Waals surface area contributed by atoms with Crippen molar-refractivity contribution in [3.63, 3.8) is 0 Å². The Hall–Kier alpha value is -1.92. The van der Waals surface area contributed by atoms with Crippen LogP contribution in [0.4, 0.5) is 18.9 Å². The topological polar surface area (TPSA) is 60.2 Å². The lowest BCUT2D eigenvalue weighted by molar-refractivity contribution is -0.388. The van der Waals surface area contributed by atoms with Gasteiger partial charge in [-0.25, -0.2) is 0 Å². The summed E-state index contributed by atoms with van der Waals surface area (Å²) in [4.78, 5) is 20.5. The number of benzene rings is 1. The predicted octanol–water partition coefficient (Wildman–Crippen LogP) is 3.12. The molecule has 0 N–H and O–H groups in total. The van der Waals surface area contributed by atoms with Crippen molar-refractivity contribution < 1.29 is 22.9 Å². The SMILES string of the molecule is CC(=O)c1cc(C)c(C(F)(F)F)c([N+](=O)[O-])c1. The van der Waals surface area contributed by atoms with Gasteiger partial charge in [0.05, 0.1) is 4.92 Å². The highest BCUT2D eigenvalue weighted by molar-refractivity contribution is 5.95. The fraction of sp³-hybridized carbons (Fsp3) is 0.300. The first-order chi connectivity index (χ1) is 7.64. The molecule has 92 valence electrons. The first-order valence-corrected chi connectivity index (χ1v) is 4.51. The summed E-state index contributed by atoms with van der Waals surface area (Å²) in [6, 6.07) is 1.65. The molecule has 0 amide bonds. The molecule has 0 saturated carbocycles. The highest BCUT2D eigenvalue weighted by Crippen LogP contribution is 2.39. The third kappa shape index (κ3) is 2.61. The van der Waals surface area contributed by atoms with Crippen molar-refractivity contribution in [2.45, 2.75) is 20.0 Å². The van der Waals surface area contributed by atoms with Crippen LogP contribution in [0.1, 0.15) is 28.4 Å². The Labute approximate surface area is 94.2 Å². The molecule has 0 aliphatic rings. The number of nitro benzene ring substituents is 1. The number of nitrogens with zero attached hydrogens (tertiary/aromatic N) is 1. The largest absolute Gasteiger partial charge is 0.423 e. The third-order valence-corrected chi connectivity index (χ3v) is 2.20.